The molecule has 2 aromatic heterocycles. The van der Waals surface area contributed by atoms with Crippen molar-refractivity contribution in [2.45, 2.75) is 0 Å². The lowest BCUT2D eigenvalue weighted by atomic mass is 9.86. The molecule has 0 aliphatic heterocycles. The molecule has 0 radical (unpaired) electrons. The maximum absolute atomic E-state index is 9.39. The van der Waals surface area contributed by atoms with Crippen molar-refractivity contribution in [3.05, 3.63) is 133 Å². The van der Waals surface area contributed by atoms with Crippen molar-refractivity contribution in [3.8, 4) is 39.4 Å². The summed E-state index contributed by atoms with van der Waals surface area (Å²) in [7, 11) is 0. The third kappa shape index (κ3) is 3.66. The average Bonchev–Trinajstić information content (AvgIpc) is 3.58. The Kier molecular flexibility index (Phi) is 5.31. The van der Waals surface area contributed by atoms with Crippen molar-refractivity contribution < 1.29 is 0 Å². The zero-order valence-electron chi connectivity index (χ0n) is 21.4. The minimum atomic E-state index is 0.669. The van der Waals surface area contributed by atoms with E-state index in [0.29, 0.717) is 5.56 Å². The molecule has 0 spiro atoms. The van der Waals surface area contributed by atoms with E-state index in [-0.39, 0.29) is 0 Å². The zero-order chi connectivity index (χ0) is 26.6. The molecule has 0 unspecified atom stereocenters. The van der Waals surface area contributed by atoms with Crippen molar-refractivity contribution in [1.29, 1.82) is 5.26 Å². The Hall–Kier alpha value is -4.75. The van der Waals surface area contributed by atoms with Crippen LogP contribution in [0.4, 0.5) is 0 Å². The number of thiophene rings is 2. The molecular weight excluding hydrogens is 523 g/mol. The van der Waals surface area contributed by atoms with Crippen LogP contribution in [0.5, 0.6) is 0 Å². The van der Waals surface area contributed by atoms with Crippen LogP contribution in [0.15, 0.2) is 127 Å². The number of fused-ring (bicyclic) bond motifs is 6. The lowest BCUT2D eigenvalue weighted by molar-refractivity contribution is 1.48. The molecule has 0 bridgehead atoms. The van der Waals surface area contributed by atoms with Gasteiger partial charge in [0, 0.05) is 40.3 Å². The second-order valence-electron chi connectivity index (χ2n) is 10.0. The molecule has 0 aliphatic carbocycles. The van der Waals surface area contributed by atoms with Crippen molar-refractivity contribution in [2.75, 3.05) is 0 Å². The molecule has 2 heterocycles. The van der Waals surface area contributed by atoms with E-state index in [1.807, 2.05) is 34.8 Å². The highest BCUT2D eigenvalue weighted by Crippen LogP contribution is 2.44. The summed E-state index contributed by atoms with van der Waals surface area (Å²) >= 11 is 3.69. The molecule has 0 fully saturated rings. The molecule has 1 nitrogen and oxygen atoms in total. The number of hydrogen-bond acceptors (Lipinski definition) is 3. The van der Waals surface area contributed by atoms with Crippen LogP contribution in [0.1, 0.15) is 5.56 Å². The van der Waals surface area contributed by atoms with Crippen LogP contribution in [0.2, 0.25) is 0 Å². The Balaban J connectivity index is 1.42. The molecule has 6 aromatic carbocycles. The van der Waals surface area contributed by atoms with Crippen LogP contribution in [-0.4, -0.2) is 0 Å². The summed E-state index contributed by atoms with van der Waals surface area (Å²) in [6.45, 7) is 0. The number of nitrogens with zero attached hydrogens (tertiary/aromatic N) is 1. The first kappa shape index (κ1) is 23.2. The molecule has 8 rings (SSSR count). The van der Waals surface area contributed by atoms with Gasteiger partial charge in [-0.2, -0.15) is 5.26 Å². The molecule has 0 saturated carbocycles. The third-order valence-corrected chi connectivity index (χ3v) is 10.0. The predicted octanol–water partition coefficient (Wildman–Crippen LogP) is 11.3. The smallest absolute Gasteiger partial charge is 0.0991 e. The Morgan fingerprint density at radius 2 is 0.925 bits per heavy atom. The van der Waals surface area contributed by atoms with Crippen LogP contribution in [0.3, 0.4) is 0 Å². The molecular formula is C37H21NS2. The molecule has 40 heavy (non-hydrogen) atoms. The quantitative estimate of drug-likeness (QED) is 0.217. The van der Waals surface area contributed by atoms with Gasteiger partial charge < -0.3 is 0 Å². The van der Waals surface area contributed by atoms with Crippen molar-refractivity contribution in [1.82, 2.24) is 0 Å². The van der Waals surface area contributed by atoms with Gasteiger partial charge in [-0.3, -0.25) is 0 Å². The summed E-state index contributed by atoms with van der Waals surface area (Å²) in [5, 5.41) is 14.6. The van der Waals surface area contributed by atoms with Crippen LogP contribution < -0.4 is 0 Å². The Labute approximate surface area is 239 Å². The second-order valence-corrected chi connectivity index (χ2v) is 12.2. The number of nitriles is 1. The van der Waals surface area contributed by atoms with Gasteiger partial charge in [-0.1, -0.05) is 78.9 Å². The zero-order valence-corrected chi connectivity index (χ0v) is 23.0. The summed E-state index contributed by atoms with van der Waals surface area (Å²) in [5.41, 5.74) is 7.76. The first-order valence-electron chi connectivity index (χ1n) is 13.2. The summed E-state index contributed by atoms with van der Waals surface area (Å²) in [4.78, 5) is 0. The van der Waals surface area contributed by atoms with E-state index in [0.717, 1.165) is 11.1 Å². The number of hydrogen-bond donors (Lipinski definition) is 0. The molecule has 0 amide bonds. The first-order valence-corrected chi connectivity index (χ1v) is 14.9. The normalized spacial score (nSPS) is 11.5. The molecule has 3 heteroatoms. The fraction of sp³-hybridized carbons (Fsp3) is 0. The van der Waals surface area contributed by atoms with Crippen LogP contribution in [0.25, 0.3) is 73.7 Å². The summed E-state index contributed by atoms with van der Waals surface area (Å²) in [6, 6.07) is 47.9. The third-order valence-electron chi connectivity index (χ3n) is 7.74. The minimum absolute atomic E-state index is 0.669. The Morgan fingerprint density at radius 1 is 0.425 bits per heavy atom. The summed E-state index contributed by atoms with van der Waals surface area (Å²) in [6.07, 6.45) is 0. The minimum Gasteiger partial charge on any atom is -0.192 e. The summed E-state index contributed by atoms with van der Waals surface area (Å²) in [5.74, 6) is 0. The highest BCUT2D eigenvalue weighted by Gasteiger charge is 2.17. The van der Waals surface area contributed by atoms with Gasteiger partial charge in [0.1, 0.15) is 0 Å². The van der Waals surface area contributed by atoms with Gasteiger partial charge in [0.25, 0.3) is 0 Å². The number of rotatable bonds is 3. The topological polar surface area (TPSA) is 23.8 Å². The lowest BCUT2D eigenvalue weighted by Gasteiger charge is -2.17. The number of benzene rings is 6. The van der Waals surface area contributed by atoms with Gasteiger partial charge in [-0.25, -0.2) is 0 Å². The monoisotopic (exact) mass is 543 g/mol. The van der Waals surface area contributed by atoms with E-state index >= 15 is 0 Å². The van der Waals surface area contributed by atoms with Gasteiger partial charge in [0.15, 0.2) is 0 Å². The predicted molar refractivity (Wildman–Crippen MR) is 173 cm³/mol. The van der Waals surface area contributed by atoms with Gasteiger partial charge in [0.2, 0.25) is 0 Å². The fourth-order valence-corrected chi connectivity index (χ4v) is 8.02. The van der Waals surface area contributed by atoms with Gasteiger partial charge in [0.05, 0.1) is 11.6 Å². The van der Waals surface area contributed by atoms with Crippen LogP contribution >= 0.6 is 22.7 Å². The summed E-state index contributed by atoms with van der Waals surface area (Å²) < 4.78 is 5.23. The molecule has 0 atom stereocenters. The highest BCUT2D eigenvalue weighted by molar-refractivity contribution is 7.26. The van der Waals surface area contributed by atoms with Gasteiger partial charge in [-0.05, 0) is 81.9 Å². The largest absolute Gasteiger partial charge is 0.192 e. The first-order chi connectivity index (χ1) is 19.8. The average molecular weight is 544 g/mol. The van der Waals surface area contributed by atoms with E-state index in [1.54, 1.807) is 0 Å². The van der Waals surface area contributed by atoms with Crippen LogP contribution in [0, 0.1) is 11.3 Å². The van der Waals surface area contributed by atoms with E-state index in [2.05, 4.69) is 121 Å². The second kappa shape index (κ2) is 9.17. The fourth-order valence-electron chi connectivity index (χ4n) is 5.84. The van der Waals surface area contributed by atoms with E-state index in [1.165, 1.54) is 62.6 Å². The maximum Gasteiger partial charge on any atom is 0.0991 e. The van der Waals surface area contributed by atoms with E-state index in [4.69, 9.17) is 0 Å². The van der Waals surface area contributed by atoms with Crippen LogP contribution in [-0.2, 0) is 0 Å². The molecule has 186 valence electrons. The molecule has 0 N–H and O–H groups in total. The van der Waals surface area contributed by atoms with Crippen molar-refractivity contribution >= 4 is 63.0 Å². The maximum atomic E-state index is 9.39. The Morgan fingerprint density at radius 3 is 1.55 bits per heavy atom. The molecule has 0 saturated heterocycles. The molecule has 8 aromatic rings. The lowest BCUT2D eigenvalue weighted by Crippen LogP contribution is -1.91. The van der Waals surface area contributed by atoms with Gasteiger partial charge in [-0.15, -0.1) is 22.7 Å². The Bertz CT molecular complexity index is 2280. The van der Waals surface area contributed by atoms with Gasteiger partial charge >= 0.3 is 0 Å². The van der Waals surface area contributed by atoms with Crippen molar-refractivity contribution in [2.24, 2.45) is 0 Å². The van der Waals surface area contributed by atoms with E-state index in [9.17, 15) is 5.26 Å². The highest BCUT2D eigenvalue weighted by atomic mass is 32.1. The molecule has 0 aliphatic rings. The van der Waals surface area contributed by atoms with Crippen molar-refractivity contribution in [3.63, 3.8) is 0 Å². The standard InChI is InChI=1S/C37H21NS2/c38-22-23-12-14-24(15-13-23)27-8-5-9-28(25-16-18-35-31(20-25)29-6-1-3-10-33(29)39-35)37(27)26-17-19-36-32(21-26)30-7-2-4-11-34(30)40-36/h1-21H. The SMILES string of the molecule is N#Cc1ccc(-c2cccc(-c3ccc4sc5ccccc5c4c3)c2-c2ccc3sc4ccccc4c3c2)cc1. The van der Waals surface area contributed by atoms with E-state index < -0.39 is 0 Å².